The highest BCUT2D eigenvalue weighted by Crippen LogP contribution is 2.30. The van der Waals surface area contributed by atoms with Crippen molar-refractivity contribution in [1.82, 2.24) is 9.78 Å². The summed E-state index contributed by atoms with van der Waals surface area (Å²) < 4.78 is 38.7. The van der Waals surface area contributed by atoms with Crippen LogP contribution in [0.1, 0.15) is 16.1 Å². The van der Waals surface area contributed by atoms with E-state index in [0.717, 1.165) is 10.9 Å². The zero-order valence-electron chi connectivity index (χ0n) is 8.78. The van der Waals surface area contributed by atoms with E-state index in [1.807, 2.05) is 0 Å². The average Bonchev–Trinajstić information content (AvgIpc) is 2.73. The third-order valence-electron chi connectivity index (χ3n) is 2.23. The number of aromatic nitrogens is 2. The summed E-state index contributed by atoms with van der Waals surface area (Å²) in [7, 11) is 0. The Labute approximate surface area is 105 Å². The first-order valence-electron chi connectivity index (χ1n) is 4.80. The van der Waals surface area contributed by atoms with Crippen molar-refractivity contribution < 1.29 is 18.0 Å². The Morgan fingerprint density at radius 1 is 1.22 bits per heavy atom. The Morgan fingerprint density at radius 2 is 1.83 bits per heavy atom. The maximum absolute atomic E-state index is 12.6. The van der Waals surface area contributed by atoms with Gasteiger partial charge in [0, 0.05) is 11.2 Å². The second-order valence-electron chi connectivity index (χ2n) is 3.47. The van der Waals surface area contributed by atoms with Gasteiger partial charge in [-0.05, 0) is 24.3 Å². The molecule has 0 atom stereocenters. The lowest BCUT2D eigenvalue weighted by atomic mass is 10.2. The first kappa shape index (κ1) is 12.6. The molecule has 0 N–H and O–H groups in total. The van der Waals surface area contributed by atoms with Crippen LogP contribution in [0.5, 0.6) is 0 Å². The van der Waals surface area contributed by atoms with E-state index in [2.05, 4.69) is 5.10 Å². The van der Waals surface area contributed by atoms with Crippen LogP contribution in [-0.2, 0) is 6.18 Å². The van der Waals surface area contributed by atoms with Crippen LogP contribution < -0.4 is 0 Å². The van der Waals surface area contributed by atoms with Crippen molar-refractivity contribution in [2.45, 2.75) is 6.18 Å². The molecule has 0 radical (unpaired) electrons. The molecule has 1 aromatic heterocycles. The van der Waals surface area contributed by atoms with Crippen LogP contribution in [0.3, 0.4) is 0 Å². The number of alkyl halides is 3. The van der Waals surface area contributed by atoms with Crippen LogP contribution >= 0.6 is 11.6 Å². The average molecular weight is 275 g/mol. The molecule has 7 heteroatoms. The van der Waals surface area contributed by atoms with Crippen molar-refractivity contribution in [1.29, 1.82) is 0 Å². The smallest absolute Gasteiger partial charge is 0.298 e. The Hall–Kier alpha value is -1.82. The van der Waals surface area contributed by atoms with E-state index in [1.54, 1.807) is 0 Å². The van der Waals surface area contributed by atoms with Crippen molar-refractivity contribution in [3.05, 3.63) is 46.7 Å². The van der Waals surface area contributed by atoms with E-state index in [0.29, 0.717) is 10.7 Å². The normalized spacial score (nSPS) is 11.6. The zero-order valence-corrected chi connectivity index (χ0v) is 9.53. The van der Waals surface area contributed by atoms with Crippen LogP contribution in [0.15, 0.2) is 30.5 Å². The number of carbonyl (C=O) groups is 1. The standard InChI is InChI=1S/C11H6ClF3N2O/c12-8-1-3-9(4-2-8)17-5-7(6-18)10(16-17)11(13,14)15/h1-6H. The van der Waals surface area contributed by atoms with Gasteiger partial charge in [0.2, 0.25) is 0 Å². The lowest BCUT2D eigenvalue weighted by Gasteiger charge is -2.03. The Bertz CT molecular complexity index is 575. The SMILES string of the molecule is O=Cc1cn(-c2ccc(Cl)cc2)nc1C(F)(F)F. The maximum Gasteiger partial charge on any atom is 0.435 e. The third kappa shape index (κ3) is 2.38. The Kier molecular flexibility index (Phi) is 3.13. The number of halogens is 4. The summed E-state index contributed by atoms with van der Waals surface area (Å²) >= 11 is 5.67. The number of hydrogen-bond acceptors (Lipinski definition) is 2. The van der Waals surface area contributed by atoms with E-state index >= 15 is 0 Å². The topological polar surface area (TPSA) is 34.9 Å². The first-order valence-corrected chi connectivity index (χ1v) is 5.17. The molecule has 0 aliphatic rings. The van der Waals surface area contributed by atoms with Gasteiger partial charge in [-0.1, -0.05) is 11.6 Å². The van der Waals surface area contributed by atoms with Crippen molar-refractivity contribution in [3.8, 4) is 5.69 Å². The van der Waals surface area contributed by atoms with Gasteiger partial charge in [-0.3, -0.25) is 4.79 Å². The van der Waals surface area contributed by atoms with E-state index in [-0.39, 0.29) is 6.29 Å². The van der Waals surface area contributed by atoms with E-state index in [1.165, 1.54) is 24.3 Å². The predicted octanol–water partition coefficient (Wildman–Crippen LogP) is 3.36. The molecule has 0 unspecified atom stereocenters. The second kappa shape index (κ2) is 4.45. The summed E-state index contributed by atoms with van der Waals surface area (Å²) in [6.07, 6.45) is -3.50. The largest absolute Gasteiger partial charge is 0.435 e. The number of aldehydes is 1. The van der Waals surface area contributed by atoms with Gasteiger partial charge in [-0.15, -0.1) is 0 Å². The fourth-order valence-corrected chi connectivity index (χ4v) is 1.55. The molecule has 94 valence electrons. The summed E-state index contributed by atoms with van der Waals surface area (Å²) in [6, 6.07) is 6.05. The number of nitrogens with zero attached hydrogens (tertiary/aromatic N) is 2. The number of carbonyl (C=O) groups excluding carboxylic acids is 1. The minimum atomic E-state index is -4.66. The maximum atomic E-state index is 12.6. The molecule has 0 saturated heterocycles. The monoisotopic (exact) mass is 274 g/mol. The quantitative estimate of drug-likeness (QED) is 0.787. The fraction of sp³-hybridized carbons (Fsp3) is 0.0909. The molecule has 1 aromatic carbocycles. The summed E-state index contributed by atoms with van der Waals surface area (Å²) in [5.74, 6) is 0. The van der Waals surface area contributed by atoms with Gasteiger partial charge >= 0.3 is 6.18 Å². The second-order valence-corrected chi connectivity index (χ2v) is 3.91. The predicted molar refractivity (Wildman–Crippen MR) is 59.0 cm³/mol. The molecule has 18 heavy (non-hydrogen) atoms. The van der Waals surface area contributed by atoms with Gasteiger partial charge in [0.1, 0.15) is 0 Å². The Morgan fingerprint density at radius 3 is 2.28 bits per heavy atom. The summed E-state index contributed by atoms with van der Waals surface area (Å²) in [4.78, 5) is 10.6. The molecule has 0 aliphatic heterocycles. The molecule has 0 spiro atoms. The lowest BCUT2D eigenvalue weighted by Crippen LogP contribution is -2.09. The number of rotatable bonds is 2. The molecular formula is C11H6ClF3N2O. The lowest BCUT2D eigenvalue weighted by molar-refractivity contribution is -0.141. The van der Waals surface area contributed by atoms with Crippen LogP contribution in [-0.4, -0.2) is 16.1 Å². The molecule has 2 rings (SSSR count). The van der Waals surface area contributed by atoms with Gasteiger partial charge in [-0.2, -0.15) is 18.3 Å². The van der Waals surface area contributed by atoms with E-state index in [9.17, 15) is 18.0 Å². The van der Waals surface area contributed by atoms with Gasteiger partial charge in [0.05, 0.1) is 11.3 Å². The molecular weight excluding hydrogens is 269 g/mol. The minimum absolute atomic E-state index is 0.127. The van der Waals surface area contributed by atoms with Gasteiger partial charge < -0.3 is 0 Å². The third-order valence-corrected chi connectivity index (χ3v) is 2.48. The number of benzene rings is 1. The van der Waals surface area contributed by atoms with Crippen molar-refractivity contribution >= 4 is 17.9 Å². The van der Waals surface area contributed by atoms with Crippen LogP contribution in [0.2, 0.25) is 5.02 Å². The molecule has 0 amide bonds. The molecule has 0 bridgehead atoms. The molecule has 2 aromatic rings. The molecule has 0 aliphatic carbocycles. The summed E-state index contributed by atoms with van der Waals surface area (Å²) in [5, 5.41) is 3.83. The van der Waals surface area contributed by atoms with Crippen molar-refractivity contribution in [2.24, 2.45) is 0 Å². The highest BCUT2D eigenvalue weighted by Gasteiger charge is 2.37. The Balaban J connectivity index is 2.50. The van der Waals surface area contributed by atoms with Crippen LogP contribution in [0.4, 0.5) is 13.2 Å². The minimum Gasteiger partial charge on any atom is -0.298 e. The number of hydrogen-bond donors (Lipinski definition) is 0. The van der Waals surface area contributed by atoms with Crippen LogP contribution in [0.25, 0.3) is 5.69 Å². The van der Waals surface area contributed by atoms with E-state index < -0.39 is 17.4 Å². The van der Waals surface area contributed by atoms with Gasteiger partial charge in [-0.25, -0.2) is 4.68 Å². The summed E-state index contributed by atoms with van der Waals surface area (Å²) in [5.41, 5.74) is -1.32. The summed E-state index contributed by atoms with van der Waals surface area (Å²) in [6.45, 7) is 0. The highest BCUT2D eigenvalue weighted by molar-refractivity contribution is 6.30. The molecule has 3 nitrogen and oxygen atoms in total. The van der Waals surface area contributed by atoms with Crippen LogP contribution in [0, 0.1) is 0 Å². The molecule has 0 saturated carbocycles. The molecule has 1 heterocycles. The van der Waals surface area contributed by atoms with Gasteiger partial charge in [0.25, 0.3) is 0 Å². The van der Waals surface area contributed by atoms with E-state index in [4.69, 9.17) is 11.6 Å². The highest BCUT2D eigenvalue weighted by atomic mass is 35.5. The first-order chi connectivity index (χ1) is 8.41. The fourth-order valence-electron chi connectivity index (χ4n) is 1.42. The molecule has 0 fully saturated rings. The van der Waals surface area contributed by atoms with Crippen molar-refractivity contribution in [3.63, 3.8) is 0 Å². The zero-order chi connectivity index (χ0) is 13.3. The van der Waals surface area contributed by atoms with Gasteiger partial charge in [0.15, 0.2) is 12.0 Å². The van der Waals surface area contributed by atoms with Crippen molar-refractivity contribution in [2.75, 3.05) is 0 Å².